The summed E-state index contributed by atoms with van der Waals surface area (Å²) in [5.41, 5.74) is 8.23. The Kier molecular flexibility index (Phi) is 4.80. The lowest BCUT2D eigenvalue weighted by atomic mass is 10.1. The highest BCUT2D eigenvalue weighted by molar-refractivity contribution is 5.93. The van der Waals surface area contributed by atoms with Gasteiger partial charge < -0.3 is 16.2 Å². The maximum atomic E-state index is 12.0. The highest BCUT2D eigenvalue weighted by Gasteiger charge is 2.31. The van der Waals surface area contributed by atoms with Crippen LogP contribution in [0, 0.1) is 0 Å². The smallest absolute Gasteiger partial charge is 0.320 e. The summed E-state index contributed by atoms with van der Waals surface area (Å²) in [5.74, 6) is -1.08. The molecule has 114 valence electrons. The lowest BCUT2D eigenvalue weighted by molar-refractivity contribution is -0.142. The molecule has 0 aliphatic carbocycles. The Morgan fingerprint density at radius 2 is 2.24 bits per heavy atom. The number of aryl methyl sites for hydroxylation is 1. The summed E-state index contributed by atoms with van der Waals surface area (Å²) < 4.78 is 0. The van der Waals surface area contributed by atoms with Crippen LogP contribution < -0.4 is 11.1 Å². The largest absolute Gasteiger partial charge is 0.480 e. The van der Waals surface area contributed by atoms with Crippen LogP contribution in [0.3, 0.4) is 0 Å². The van der Waals surface area contributed by atoms with Gasteiger partial charge in [0.2, 0.25) is 5.91 Å². The molecule has 4 N–H and O–H groups in total. The Labute approximate surface area is 123 Å². The van der Waals surface area contributed by atoms with E-state index in [1.165, 1.54) is 0 Å². The third-order valence-electron chi connectivity index (χ3n) is 3.81. The van der Waals surface area contributed by atoms with Crippen molar-refractivity contribution in [2.75, 3.05) is 24.1 Å². The maximum absolute atomic E-state index is 12.0. The minimum atomic E-state index is -0.864. The molecule has 1 aromatic carbocycles. The number of rotatable bonds is 5. The van der Waals surface area contributed by atoms with Crippen molar-refractivity contribution in [3.8, 4) is 0 Å². The molecule has 21 heavy (non-hydrogen) atoms. The van der Waals surface area contributed by atoms with Gasteiger partial charge in [-0.3, -0.25) is 14.5 Å². The van der Waals surface area contributed by atoms with Crippen molar-refractivity contribution >= 4 is 23.3 Å². The summed E-state index contributed by atoms with van der Waals surface area (Å²) in [5, 5.41) is 11.9. The fraction of sp³-hybridized carbons (Fsp3) is 0.467. The SMILES string of the molecule is CCc1ccc(NC(=O)CN2CCCC2C(=O)O)cc1N. The number of carboxylic acid groups (broad SMARTS) is 1. The van der Waals surface area contributed by atoms with E-state index in [-0.39, 0.29) is 12.5 Å². The molecule has 1 fully saturated rings. The van der Waals surface area contributed by atoms with Gasteiger partial charge in [-0.15, -0.1) is 0 Å². The molecule has 0 spiro atoms. The van der Waals surface area contributed by atoms with Gasteiger partial charge in [0.05, 0.1) is 6.54 Å². The topological polar surface area (TPSA) is 95.7 Å². The van der Waals surface area contributed by atoms with Crippen LogP contribution in [0.15, 0.2) is 18.2 Å². The number of nitrogens with one attached hydrogen (secondary N) is 1. The Bertz CT molecular complexity index is 545. The van der Waals surface area contributed by atoms with Gasteiger partial charge in [-0.05, 0) is 43.5 Å². The summed E-state index contributed by atoms with van der Waals surface area (Å²) in [7, 11) is 0. The number of likely N-dealkylation sites (tertiary alicyclic amines) is 1. The monoisotopic (exact) mass is 291 g/mol. The first-order valence-corrected chi connectivity index (χ1v) is 7.16. The molecule has 6 heteroatoms. The number of anilines is 2. The molecular weight excluding hydrogens is 270 g/mol. The second kappa shape index (κ2) is 6.58. The van der Waals surface area contributed by atoms with Crippen LogP contribution in [0.4, 0.5) is 11.4 Å². The number of nitrogens with zero attached hydrogens (tertiary/aromatic N) is 1. The van der Waals surface area contributed by atoms with Crippen molar-refractivity contribution in [1.82, 2.24) is 4.90 Å². The van der Waals surface area contributed by atoms with Crippen LogP contribution in [-0.2, 0) is 16.0 Å². The highest BCUT2D eigenvalue weighted by atomic mass is 16.4. The summed E-state index contributed by atoms with van der Waals surface area (Å²) in [6, 6.07) is 4.88. The van der Waals surface area contributed by atoms with Crippen LogP contribution in [0.25, 0.3) is 0 Å². The summed E-state index contributed by atoms with van der Waals surface area (Å²) in [4.78, 5) is 24.8. The minimum Gasteiger partial charge on any atom is -0.480 e. The van der Waals surface area contributed by atoms with Crippen molar-refractivity contribution in [2.45, 2.75) is 32.2 Å². The number of carboxylic acids is 1. The second-order valence-electron chi connectivity index (χ2n) is 5.28. The standard InChI is InChI=1S/C15H21N3O3/c1-2-10-5-6-11(8-12(10)16)17-14(19)9-18-7-3-4-13(18)15(20)21/h5-6,8,13H,2-4,7,9,16H2,1H3,(H,17,19)(H,20,21). The van der Waals surface area contributed by atoms with E-state index in [1.54, 1.807) is 11.0 Å². The van der Waals surface area contributed by atoms with Crippen molar-refractivity contribution in [3.05, 3.63) is 23.8 Å². The Morgan fingerprint density at radius 1 is 1.48 bits per heavy atom. The molecule has 0 aromatic heterocycles. The van der Waals surface area contributed by atoms with E-state index < -0.39 is 12.0 Å². The molecule has 1 amide bonds. The highest BCUT2D eigenvalue weighted by Crippen LogP contribution is 2.20. The quantitative estimate of drug-likeness (QED) is 0.711. The predicted molar refractivity (Wildman–Crippen MR) is 81.1 cm³/mol. The van der Waals surface area contributed by atoms with Crippen LogP contribution in [0.1, 0.15) is 25.3 Å². The number of hydrogen-bond acceptors (Lipinski definition) is 4. The molecular formula is C15H21N3O3. The van der Waals surface area contributed by atoms with Gasteiger partial charge in [0, 0.05) is 11.4 Å². The van der Waals surface area contributed by atoms with E-state index in [4.69, 9.17) is 10.8 Å². The zero-order valence-corrected chi connectivity index (χ0v) is 12.1. The summed E-state index contributed by atoms with van der Waals surface area (Å²) in [6.45, 7) is 2.75. The van der Waals surface area contributed by atoms with E-state index in [0.717, 1.165) is 18.4 Å². The van der Waals surface area contributed by atoms with Crippen LogP contribution >= 0.6 is 0 Å². The molecule has 1 aliphatic heterocycles. The van der Waals surface area contributed by atoms with Gasteiger partial charge in [-0.1, -0.05) is 13.0 Å². The molecule has 6 nitrogen and oxygen atoms in total. The number of nitrogens with two attached hydrogens (primary N) is 1. The molecule has 1 heterocycles. The number of carbonyl (C=O) groups excluding carboxylic acids is 1. The lowest BCUT2D eigenvalue weighted by Gasteiger charge is -2.20. The Morgan fingerprint density at radius 3 is 2.86 bits per heavy atom. The van der Waals surface area contributed by atoms with E-state index >= 15 is 0 Å². The van der Waals surface area contributed by atoms with Gasteiger partial charge in [0.1, 0.15) is 6.04 Å². The van der Waals surface area contributed by atoms with E-state index in [1.807, 2.05) is 19.1 Å². The van der Waals surface area contributed by atoms with Gasteiger partial charge in [-0.2, -0.15) is 0 Å². The fourth-order valence-electron chi connectivity index (χ4n) is 2.67. The van der Waals surface area contributed by atoms with E-state index in [2.05, 4.69) is 5.32 Å². The predicted octanol–water partition coefficient (Wildman–Crippen LogP) is 1.32. The summed E-state index contributed by atoms with van der Waals surface area (Å²) >= 11 is 0. The third kappa shape index (κ3) is 3.72. The molecule has 1 aliphatic rings. The van der Waals surface area contributed by atoms with Crippen molar-refractivity contribution < 1.29 is 14.7 Å². The molecule has 0 saturated carbocycles. The molecule has 1 atom stereocenters. The van der Waals surface area contributed by atoms with Gasteiger partial charge in [0.25, 0.3) is 0 Å². The second-order valence-corrected chi connectivity index (χ2v) is 5.28. The minimum absolute atomic E-state index is 0.0897. The van der Waals surface area contributed by atoms with Crippen LogP contribution in [0.5, 0.6) is 0 Å². The normalized spacial score (nSPS) is 18.6. The van der Waals surface area contributed by atoms with Crippen molar-refractivity contribution in [2.24, 2.45) is 0 Å². The van der Waals surface area contributed by atoms with Gasteiger partial charge in [0.15, 0.2) is 0 Å². The number of nitrogen functional groups attached to an aromatic ring is 1. The van der Waals surface area contributed by atoms with Crippen molar-refractivity contribution in [1.29, 1.82) is 0 Å². The lowest BCUT2D eigenvalue weighted by Crippen LogP contribution is -2.40. The first-order valence-electron chi connectivity index (χ1n) is 7.16. The first kappa shape index (κ1) is 15.3. The number of hydrogen-bond donors (Lipinski definition) is 3. The Hall–Kier alpha value is -2.08. The van der Waals surface area contributed by atoms with Crippen molar-refractivity contribution in [3.63, 3.8) is 0 Å². The Balaban J connectivity index is 1.95. The average Bonchev–Trinajstić information content (AvgIpc) is 2.87. The number of amides is 1. The van der Waals surface area contributed by atoms with Gasteiger partial charge >= 0.3 is 5.97 Å². The molecule has 1 aromatic rings. The van der Waals surface area contributed by atoms with Gasteiger partial charge in [-0.25, -0.2) is 0 Å². The molecule has 0 radical (unpaired) electrons. The zero-order chi connectivity index (χ0) is 15.4. The van der Waals surface area contributed by atoms with Crippen LogP contribution in [0.2, 0.25) is 0 Å². The molecule has 1 saturated heterocycles. The maximum Gasteiger partial charge on any atom is 0.320 e. The number of aliphatic carboxylic acids is 1. The van der Waals surface area contributed by atoms with Crippen LogP contribution in [-0.4, -0.2) is 41.0 Å². The molecule has 0 bridgehead atoms. The first-order chi connectivity index (χ1) is 10.0. The summed E-state index contributed by atoms with van der Waals surface area (Å²) in [6.07, 6.45) is 2.25. The number of benzene rings is 1. The zero-order valence-electron chi connectivity index (χ0n) is 12.1. The fourth-order valence-corrected chi connectivity index (χ4v) is 2.67. The number of carbonyl (C=O) groups is 2. The molecule has 2 rings (SSSR count). The average molecular weight is 291 g/mol. The third-order valence-corrected chi connectivity index (χ3v) is 3.81. The van der Waals surface area contributed by atoms with E-state index in [0.29, 0.717) is 24.3 Å². The molecule has 1 unspecified atom stereocenters. The van der Waals surface area contributed by atoms with E-state index in [9.17, 15) is 9.59 Å².